The molecule has 0 fully saturated rings. The lowest BCUT2D eigenvalue weighted by atomic mass is 9.97. The molecule has 242 valence electrons. The maximum atomic E-state index is 9.47. The van der Waals surface area contributed by atoms with Crippen molar-refractivity contribution >= 4 is 43.6 Å². The highest BCUT2D eigenvalue weighted by Gasteiger charge is 2.17. The van der Waals surface area contributed by atoms with Gasteiger partial charge in [0, 0.05) is 32.9 Å². The molecule has 0 saturated carbocycles. The molecule has 0 atom stereocenters. The van der Waals surface area contributed by atoms with Crippen molar-refractivity contribution in [3.05, 3.63) is 194 Å². The molecule has 0 aliphatic heterocycles. The molecule has 0 aliphatic carbocycles. The van der Waals surface area contributed by atoms with Crippen molar-refractivity contribution in [3.8, 4) is 50.8 Å². The number of para-hydroxylation sites is 3. The van der Waals surface area contributed by atoms with Crippen molar-refractivity contribution in [3.63, 3.8) is 0 Å². The second kappa shape index (κ2) is 12.0. The van der Waals surface area contributed by atoms with E-state index in [1.54, 1.807) is 0 Å². The van der Waals surface area contributed by atoms with Gasteiger partial charge in [-0.25, -0.2) is 0 Å². The maximum absolute atomic E-state index is 9.47. The summed E-state index contributed by atoms with van der Waals surface area (Å²) in [6.45, 7) is 0. The first kappa shape index (κ1) is 29.7. The number of benzene rings is 8. The van der Waals surface area contributed by atoms with Crippen molar-refractivity contribution < 1.29 is 0 Å². The molecule has 3 nitrogen and oxygen atoms in total. The van der Waals surface area contributed by atoms with Gasteiger partial charge < -0.3 is 9.13 Å². The largest absolute Gasteiger partial charge is 0.309 e. The van der Waals surface area contributed by atoms with Gasteiger partial charge in [0.05, 0.1) is 33.7 Å². The third kappa shape index (κ3) is 4.81. The molecule has 0 bridgehead atoms. The Morgan fingerprint density at radius 3 is 1.40 bits per heavy atom. The van der Waals surface area contributed by atoms with Crippen LogP contribution in [0.4, 0.5) is 0 Å². The molecule has 0 amide bonds. The third-order valence-corrected chi connectivity index (χ3v) is 10.3. The zero-order chi connectivity index (χ0) is 34.6. The predicted octanol–water partition coefficient (Wildman–Crippen LogP) is 12.8. The number of hydrogen-bond donors (Lipinski definition) is 0. The zero-order valence-electron chi connectivity index (χ0n) is 28.2. The van der Waals surface area contributed by atoms with Gasteiger partial charge in [0.15, 0.2) is 0 Å². The molecule has 3 heteroatoms. The Kier molecular flexibility index (Phi) is 6.87. The van der Waals surface area contributed by atoms with Crippen molar-refractivity contribution in [1.29, 1.82) is 5.26 Å². The summed E-state index contributed by atoms with van der Waals surface area (Å²) in [6, 6.07) is 69.2. The van der Waals surface area contributed by atoms with Crippen molar-refractivity contribution in [2.45, 2.75) is 0 Å². The van der Waals surface area contributed by atoms with Crippen molar-refractivity contribution in [2.24, 2.45) is 0 Å². The fourth-order valence-electron chi connectivity index (χ4n) is 7.89. The molecular weight excluding hydrogens is 631 g/mol. The van der Waals surface area contributed by atoms with E-state index in [0.717, 1.165) is 39.1 Å². The van der Waals surface area contributed by atoms with Gasteiger partial charge in [-0.05, 0) is 112 Å². The van der Waals surface area contributed by atoms with Crippen LogP contribution in [0.25, 0.3) is 88.4 Å². The van der Waals surface area contributed by atoms with Crippen LogP contribution in [0.1, 0.15) is 5.56 Å². The fourth-order valence-corrected chi connectivity index (χ4v) is 7.89. The first-order chi connectivity index (χ1) is 25.7. The van der Waals surface area contributed by atoms with Crippen LogP contribution in [0.3, 0.4) is 0 Å². The number of fused-ring (bicyclic) bond motifs is 6. The molecule has 52 heavy (non-hydrogen) atoms. The summed E-state index contributed by atoms with van der Waals surface area (Å²) < 4.78 is 4.75. The van der Waals surface area contributed by atoms with Gasteiger partial charge >= 0.3 is 0 Å². The summed E-state index contributed by atoms with van der Waals surface area (Å²) in [5, 5.41) is 14.4. The molecule has 0 N–H and O–H groups in total. The van der Waals surface area contributed by atoms with Gasteiger partial charge in [-0.15, -0.1) is 0 Å². The molecule has 10 aromatic rings. The lowest BCUT2D eigenvalue weighted by molar-refractivity contribution is 1.18. The number of rotatable bonds is 5. The second-order valence-corrected chi connectivity index (χ2v) is 13.3. The van der Waals surface area contributed by atoms with E-state index in [9.17, 15) is 5.26 Å². The van der Waals surface area contributed by atoms with E-state index in [-0.39, 0.29) is 0 Å². The van der Waals surface area contributed by atoms with Crippen LogP contribution in [0.15, 0.2) is 188 Å². The summed E-state index contributed by atoms with van der Waals surface area (Å²) in [6.07, 6.45) is 0. The highest BCUT2D eigenvalue weighted by molar-refractivity contribution is 6.13. The molecule has 2 heterocycles. The Morgan fingerprint density at radius 2 is 0.769 bits per heavy atom. The highest BCUT2D eigenvalue weighted by atomic mass is 15.0. The van der Waals surface area contributed by atoms with Gasteiger partial charge in [0.1, 0.15) is 0 Å². The number of nitrogens with zero attached hydrogens (tertiary/aromatic N) is 3. The third-order valence-electron chi connectivity index (χ3n) is 10.3. The SMILES string of the molecule is N#Cc1cccc(-c2cccc(-c3ccc4c5cc(-c6ccc7c(c6)c6ccccc6n7-c6ccccc6)ccc5n(-c5ccccc5)c4c3)c2)c1. The number of aromatic nitrogens is 2. The Labute approximate surface area is 301 Å². The van der Waals surface area contributed by atoms with E-state index < -0.39 is 0 Å². The zero-order valence-corrected chi connectivity index (χ0v) is 28.2. The van der Waals surface area contributed by atoms with Gasteiger partial charge in [-0.1, -0.05) is 109 Å². The van der Waals surface area contributed by atoms with Gasteiger partial charge in [0.2, 0.25) is 0 Å². The van der Waals surface area contributed by atoms with Crippen LogP contribution in [0, 0.1) is 11.3 Å². The predicted molar refractivity (Wildman–Crippen MR) is 216 cm³/mol. The summed E-state index contributed by atoms with van der Waals surface area (Å²) >= 11 is 0. The minimum atomic E-state index is 0.662. The molecule has 2 aromatic heterocycles. The Bertz CT molecular complexity index is 3010. The molecule has 0 aliphatic rings. The van der Waals surface area contributed by atoms with Gasteiger partial charge in [-0.3, -0.25) is 0 Å². The average molecular weight is 662 g/mol. The van der Waals surface area contributed by atoms with E-state index >= 15 is 0 Å². The van der Waals surface area contributed by atoms with Crippen LogP contribution in [0.2, 0.25) is 0 Å². The first-order valence-electron chi connectivity index (χ1n) is 17.6. The highest BCUT2D eigenvalue weighted by Crippen LogP contribution is 2.39. The summed E-state index contributed by atoms with van der Waals surface area (Å²) in [5.41, 5.74) is 14.5. The molecular formula is C49H31N3. The van der Waals surface area contributed by atoms with E-state index in [0.29, 0.717) is 5.56 Å². The van der Waals surface area contributed by atoms with E-state index in [1.807, 2.05) is 18.2 Å². The average Bonchev–Trinajstić information content (AvgIpc) is 3.73. The van der Waals surface area contributed by atoms with Crippen molar-refractivity contribution in [2.75, 3.05) is 0 Å². The standard InChI is InChI=1S/C49H31N3/c50-32-33-11-9-12-34(27-33)35-13-10-14-36(28-35)39-21-24-43-45-30-38(23-26-48(45)52(49(43)31-39)41-17-5-2-6-18-41)37-22-25-47-44(29-37)42-19-7-8-20-46(42)51(47)40-15-3-1-4-16-40/h1-31H. The minimum absolute atomic E-state index is 0.662. The van der Waals surface area contributed by atoms with E-state index in [2.05, 4.69) is 185 Å². The van der Waals surface area contributed by atoms with E-state index in [4.69, 9.17) is 0 Å². The molecule has 10 rings (SSSR count). The monoisotopic (exact) mass is 661 g/mol. The lowest BCUT2D eigenvalue weighted by Crippen LogP contribution is -1.93. The van der Waals surface area contributed by atoms with Crippen LogP contribution < -0.4 is 0 Å². The van der Waals surface area contributed by atoms with Gasteiger partial charge in [-0.2, -0.15) is 5.26 Å². The molecule has 8 aromatic carbocycles. The smallest absolute Gasteiger partial charge is 0.0991 e. The van der Waals surface area contributed by atoms with E-state index in [1.165, 1.54) is 49.2 Å². The van der Waals surface area contributed by atoms with Crippen LogP contribution in [-0.2, 0) is 0 Å². The molecule has 0 radical (unpaired) electrons. The van der Waals surface area contributed by atoms with Crippen molar-refractivity contribution in [1.82, 2.24) is 9.13 Å². The Morgan fingerprint density at radius 1 is 0.308 bits per heavy atom. The number of hydrogen-bond acceptors (Lipinski definition) is 1. The minimum Gasteiger partial charge on any atom is -0.309 e. The Balaban J connectivity index is 1.14. The summed E-state index contributed by atoms with van der Waals surface area (Å²) in [4.78, 5) is 0. The quantitative estimate of drug-likeness (QED) is 0.181. The summed E-state index contributed by atoms with van der Waals surface area (Å²) in [5.74, 6) is 0. The lowest BCUT2D eigenvalue weighted by Gasteiger charge is -2.10. The molecule has 0 saturated heterocycles. The fraction of sp³-hybridized carbons (Fsp3) is 0. The van der Waals surface area contributed by atoms with Crippen LogP contribution >= 0.6 is 0 Å². The topological polar surface area (TPSA) is 33.6 Å². The van der Waals surface area contributed by atoms with Gasteiger partial charge in [0.25, 0.3) is 0 Å². The normalized spacial score (nSPS) is 11.4. The second-order valence-electron chi connectivity index (χ2n) is 13.3. The number of nitriles is 1. The molecule has 0 unspecified atom stereocenters. The van der Waals surface area contributed by atoms with Crippen LogP contribution in [0.5, 0.6) is 0 Å². The Hall–Kier alpha value is -7.15. The van der Waals surface area contributed by atoms with Crippen LogP contribution in [-0.4, -0.2) is 9.13 Å². The first-order valence-corrected chi connectivity index (χ1v) is 17.6. The summed E-state index contributed by atoms with van der Waals surface area (Å²) in [7, 11) is 0. The molecule has 0 spiro atoms. The maximum Gasteiger partial charge on any atom is 0.0991 e.